The number of rotatable bonds is 5. The average molecular weight is 391 g/mol. The largest absolute Gasteiger partial charge is 0.459 e. The van der Waals surface area contributed by atoms with E-state index in [2.05, 4.69) is 10.3 Å². The molecule has 28 heavy (non-hydrogen) atoms. The number of anilines is 1. The van der Waals surface area contributed by atoms with Crippen LogP contribution in [0.5, 0.6) is 0 Å². The number of benzene rings is 2. The maximum absolute atomic E-state index is 12.3. The number of carbonyl (C=O) groups is 1. The molecule has 0 saturated carbocycles. The first kappa shape index (κ1) is 17.6. The lowest BCUT2D eigenvalue weighted by atomic mass is 10.1. The second kappa shape index (κ2) is 7.45. The van der Waals surface area contributed by atoms with Gasteiger partial charge < -0.3 is 4.42 Å². The van der Waals surface area contributed by atoms with Gasteiger partial charge in [0, 0.05) is 17.7 Å². The van der Waals surface area contributed by atoms with Crippen LogP contribution in [-0.4, -0.2) is 15.8 Å². The lowest BCUT2D eigenvalue weighted by Crippen LogP contribution is -2.10. The van der Waals surface area contributed by atoms with E-state index in [0.717, 1.165) is 16.0 Å². The molecule has 2 aromatic carbocycles. The van der Waals surface area contributed by atoms with Crippen LogP contribution in [0.4, 0.5) is 10.8 Å². The first-order chi connectivity index (χ1) is 13.6. The van der Waals surface area contributed by atoms with Crippen LogP contribution in [0.3, 0.4) is 0 Å². The molecule has 138 valence electrons. The Hall–Kier alpha value is -3.78. The third-order valence-corrected chi connectivity index (χ3v) is 5.00. The van der Waals surface area contributed by atoms with Gasteiger partial charge in [-0.25, -0.2) is 4.98 Å². The van der Waals surface area contributed by atoms with E-state index in [-0.39, 0.29) is 11.4 Å². The van der Waals surface area contributed by atoms with E-state index in [0.29, 0.717) is 10.8 Å². The predicted molar refractivity (Wildman–Crippen MR) is 106 cm³/mol. The summed E-state index contributed by atoms with van der Waals surface area (Å²) in [4.78, 5) is 28.1. The normalized spacial score (nSPS) is 10.6. The fraction of sp³-hybridized carbons (Fsp3) is 0. The van der Waals surface area contributed by atoms with Crippen molar-refractivity contribution in [2.24, 2.45) is 0 Å². The molecule has 0 spiro atoms. The van der Waals surface area contributed by atoms with E-state index in [9.17, 15) is 14.9 Å². The molecule has 0 aliphatic rings. The van der Waals surface area contributed by atoms with Crippen molar-refractivity contribution in [2.75, 3.05) is 5.32 Å². The molecule has 4 aromatic rings. The highest BCUT2D eigenvalue weighted by molar-refractivity contribution is 7.19. The molecule has 0 atom stereocenters. The molecule has 4 rings (SSSR count). The van der Waals surface area contributed by atoms with E-state index in [1.807, 2.05) is 30.3 Å². The number of non-ortho nitro benzene ring substituents is 1. The van der Waals surface area contributed by atoms with Crippen LogP contribution in [0.25, 0.3) is 21.7 Å². The zero-order valence-electron chi connectivity index (χ0n) is 14.4. The first-order valence-electron chi connectivity index (χ1n) is 8.28. The average Bonchev–Trinajstić information content (AvgIpc) is 3.39. The Kier molecular flexibility index (Phi) is 4.69. The van der Waals surface area contributed by atoms with E-state index in [1.165, 1.54) is 29.7 Å². The molecule has 0 unspecified atom stereocenters. The van der Waals surface area contributed by atoms with Crippen molar-refractivity contribution in [3.05, 3.63) is 88.9 Å². The molecule has 0 saturated heterocycles. The van der Waals surface area contributed by atoms with Crippen LogP contribution in [0.1, 0.15) is 10.6 Å². The number of nitrogens with one attached hydrogen (secondary N) is 1. The Morgan fingerprint density at radius 3 is 2.39 bits per heavy atom. The van der Waals surface area contributed by atoms with Gasteiger partial charge in [0.25, 0.3) is 11.6 Å². The van der Waals surface area contributed by atoms with Gasteiger partial charge in [-0.15, -0.1) is 0 Å². The number of nitro benzene ring substituents is 1. The van der Waals surface area contributed by atoms with Gasteiger partial charge in [-0.05, 0) is 29.8 Å². The number of aromatic nitrogens is 1. The molecule has 0 aliphatic heterocycles. The van der Waals surface area contributed by atoms with Crippen molar-refractivity contribution in [2.45, 2.75) is 0 Å². The Labute approximate surface area is 163 Å². The molecular formula is C20H13N3O4S. The lowest BCUT2D eigenvalue weighted by molar-refractivity contribution is -0.384. The Bertz CT molecular complexity index is 1120. The molecule has 2 aromatic heterocycles. The minimum Gasteiger partial charge on any atom is -0.459 e. The Morgan fingerprint density at radius 1 is 1.00 bits per heavy atom. The summed E-state index contributed by atoms with van der Waals surface area (Å²) in [5.41, 5.74) is 2.36. The van der Waals surface area contributed by atoms with E-state index in [1.54, 1.807) is 24.3 Å². The molecule has 0 bridgehead atoms. The minimum absolute atomic E-state index is 0.0147. The quantitative estimate of drug-likeness (QED) is 0.371. The van der Waals surface area contributed by atoms with Gasteiger partial charge >= 0.3 is 0 Å². The summed E-state index contributed by atoms with van der Waals surface area (Å²) in [6.45, 7) is 0. The molecular weight excluding hydrogens is 378 g/mol. The zero-order chi connectivity index (χ0) is 19.5. The van der Waals surface area contributed by atoms with Crippen LogP contribution in [0.2, 0.25) is 0 Å². The molecule has 0 aliphatic carbocycles. The third-order valence-electron chi connectivity index (χ3n) is 3.98. The summed E-state index contributed by atoms with van der Waals surface area (Å²) >= 11 is 1.29. The van der Waals surface area contributed by atoms with Crippen molar-refractivity contribution in [1.82, 2.24) is 4.98 Å². The van der Waals surface area contributed by atoms with Gasteiger partial charge in [-0.3, -0.25) is 20.2 Å². The summed E-state index contributed by atoms with van der Waals surface area (Å²) in [5.74, 6) is -0.207. The number of carbonyl (C=O) groups excluding carboxylic acids is 1. The number of furan rings is 1. The number of hydrogen-bond donors (Lipinski definition) is 1. The Balaban J connectivity index is 1.74. The van der Waals surface area contributed by atoms with Crippen LogP contribution in [0, 0.1) is 10.1 Å². The van der Waals surface area contributed by atoms with Gasteiger partial charge in [-0.2, -0.15) is 0 Å². The van der Waals surface area contributed by atoms with Gasteiger partial charge in [0.15, 0.2) is 10.9 Å². The van der Waals surface area contributed by atoms with Gasteiger partial charge in [0.1, 0.15) is 0 Å². The summed E-state index contributed by atoms with van der Waals surface area (Å²) in [6, 6.07) is 19.0. The highest BCUT2D eigenvalue weighted by atomic mass is 32.1. The fourth-order valence-electron chi connectivity index (χ4n) is 2.66. The molecule has 7 nitrogen and oxygen atoms in total. The second-order valence-corrected chi connectivity index (χ2v) is 6.80. The summed E-state index contributed by atoms with van der Waals surface area (Å²) in [6.07, 6.45) is 1.43. The Morgan fingerprint density at radius 2 is 1.75 bits per heavy atom. The molecule has 1 amide bonds. The van der Waals surface area contributed by atoms with Crippen LogP contribution in [0.15, 0.2) is 77.4 Å². The summed E-state index contributed by atoms with van der Waals surface area (Å²) < 4.78 is 5.11. The van der Waals surface area contributed by atoms with Crippen LogP contribution >= 0.6 is 11.3 Å². The maximum atomic E-state index is 12.3. The molecule has 1 N–H and O–H groups in total. The van der Waals surface area contributed by atoms with Gasteiger partial charge in [-0.1, -0.05) is 41.7 Å². The number of nitro groups is 1. The van der Waals surface area contributed by atoms with Crippen molar-refractivity contribution in [3.63, 3.8) is 0 Å². The fourth-order valence-corrected chi connectivity index (χ4v) is 3.65. The summed E-state index contributed by atoms with van der Waals surface area (Å²) in [5, 5.41) is 14.1. The smallest absolute Gasteiger partial charge is 0.293 e. The minimum atomic E-state index is -0.441. The van der Waals surface area contributed by atoms with E-state index < -0.39 is 10.8 Å². The third kappa shape index (κ3) is 3.53. The summed E-state index contributed by atoms with van der Waals surface area (Å²) in [7, 11) is 0. The monoisotopic (exact) mass is 391 g/mol. The predicted octanol–water partition coefficient (Wildman–Crippen LogP) is 5.23. The van der Waals surface area contributed by atoms with Crippen molar-refractivity contribution >= 4 is 28.1 Å². The highest BCUT2D eigenvalue weighted by Crippen LogP contribution is 2.39. The van der Waals surface area contributed by atoms with Crippen molar-refractivity contribution in [1.29, 1.82) is 0 Å². The SMILES string of the molecule is O=C(Nc1nc(-c2ccccc2)c(-c2ccc([N+](=O)[O-])cc2)s1)c1ccco1. The van der Waals surface area contributed by atoms with Crippen LogP contribution < -0.4 is 5.32 Å². The van der Waals surface area contributed by atoms with Gasteiger partial charge in [0.2, 0.25) is 0 Å². The second-order valence-electron chi connectivity index (χ2n) is 5.80. The lowest BCUT2D eigenvalue weighted by Gasteiger charge is -2.02. The zero-order valence-corrected chi connectivity index (χ0v) is 15.2. The number of thiazole rings is 1. The van der Waals surface area contributed by atoms with E-state index >= 15 is 0 Å². The van der Waals surface area contributed by atoms with E-state index in [4.69, 9.17) is 4.42 Å². The topological polar surface area (TPSA) is 98.3 Å². The van der Waals surface area contributed by atoms with Crippen molar-refractivity contribution < 1.29 is 14.1 Å². The molecule has 0 fully saturated rings. The number of nitrogens with zero attached hydrogens (tertiary/aromatic N) is 2. The molecule has 8 heteroatoms. The highest BCUT2D eigenvalue weighted by Gasteiger charge is 2.18. The number of amides is 1. The molecule has 2 heterocycles. The van der Waals surface area contributed by atoms with Gasteiger partial charge in [0.05, 0.1) is 21.8 Å². The van der Waals surface area contributed by atoms with Crippen molar-refractivity contribution in [3.8, 4) is 21.7 Å². The molecule has 0 radical (unpaired) electrons. The maximum Gasteiger partial charge on any atom is 0.293 e. The standard InChI is InChI=1S/C20H13N3O4S/c24-19(16-7-4-12-27-16)22-20-21-17(13-5-2-1-3-6-13)18(28-20)14-8-10-15(11-9-14)23(25)26/h1-12H,(H,21,22,24). The first-order valence-corrected chi connectivity index (χ1v) is 9.09. The van der Waals surface area contributed by atoms with Crippen LogP contribution in [-0.2, 0) is 0 Å². The number of hydrogen-bond acceptors (Lipinski definition) is 6.